The number of rotatable bonds is 14. The first-order valence-corrected chi connectivity index (χ1v) is 11.7. The molecule has 1 heterocycles. The van der Waals surface area contributed by atoms with Gasteiger partial charge in [0.05, 0.1) is 6.54 Å². The Morgan fingerprint density at radius 3 is 2.22 bits per heavy atom. The molecule has 0 aliphatic rings. The lowest BCUT2D eigenvalue weighted by Crippen LogP contribution is -2.57. The normalized spacial score (nSPS) is 13.6. The number of carboxylic acids is 1. The number of aliphatic carboxylic acids is 1. The Labute approximate surface area is 208 Å². The van der Waals surface area contributed by atoms with Gasteiger partial charge in [-0.2, -0.15) is 0 Å². The van der Waals surface area contributed by atoms with Crippen LogP contribution in [0.3, 0.4) is 0 Å². The van der Waals surface area contributed by atoms with Crippen LogP contribution in [-0.2, 0) is 30.4 Å². The Morgan fingerprint density at radius 1 is 0.972 bits per heavy atom. The summed E-state index contributed by atoms with van der Waals surface area (Å²) in [4.78, 5) is 64.0. The number of nitrogens with one attached hydrogen (secondary N) is 4. The summed E-state index contributed by atoms with van der Waals surface area (Å²) in [5, 5.41) is 17.9. The molecule has 0 saturated carbocycles. The number of H-pyrrole nitrogens is 1. The molecular weight excluding hydrogens is 468 g/mol. The average Bonchev–Trinajstić information content (AvgIpc) is 3.22. The van der Waals surface area contributed by atoms with Crippen molar-refractivity contribution in [2.75, 3.05) is 6.54 Å². The fraction of sp³-hybridized carbons (Fsp3) is 0.458. The molecule has 1 aromatic heterocycles. The maximum atomic E-state index is 13.3. The molecule has 0 aliphatic carbocycles. The van der Waals surface area contributed by atoms with Crippen LogP contribution in [0, 0.1) is 5.92 Å². The molecule has 0 fully saturated rings. The van der Waals surface area contributed by atoms with E-state index in [1.54, 1.807) is 6.20 Å². The van der Waals surface area contributed by atoms with Gasteiger partial charge in [0.15, 0.2) is 0 Å². The second-order valence-electron chi connectivity index (χ2n) is 8.98. The van der Waals surface area contributed by atoms with E-state index in [4.69, 9.17) is 11.5 Å². The molecule has 4 amide bonds. The zero-order valence-electron chi connectivity index (χ0n) is 20.4. The van der Waals surface area contributed by atoms with Gasteiger partial charge in [0, 0.05) is 29.9 Å². The number of benzene rings is 1. The van der Waals surface area contributed by atoms with Gasteiger partial charge >= 0.3 is 5.97 Å². The lowest BCUT2D eigenvalue weighted by molar-refractivity contribution is -0.142. The van der Waals surface area contributed by atoms with Crippen molar-refractivity contribution in [3.05, 3.63) is 36.0 Å². The highest BCUT2D eigenvalue weighted by Gasteiger charge is 2.30. The second kappa shape index (κ2) is 13.2. The predicted octanol–water partition coefficient (Wildman–Crippen LogP) is -0.480. The van der Waals surface area contributed by atoms with Crippen LogP contribution in [0.5, 0.6) is 0 Å². The fourth-order valence-electron chi connectivity index (χ4n) is 3.77. The number of aromatic amines is 1. The molecule has 0 aliphatic heterocycles. The van der Waals surface area contributed by atoms with Gasteiger partial charge in [0.2, 0.25) is 23.6 Å². The molecule has 0 radical (unpaired) electrons. The third-order valence-electron chi connectivity index (χ3n) is 5.57. The van der Waals surface area contributed by atoms with Crippen molar-refractivity contribution in [3.63, 3.8) is 0 Å². The Morgan fingerprint density at radius 2 is 1.61 bits per heavy atom. The number of amides is 4. The molecule has 12 heteroatoms. The molecule has 1 aromatic carbocycles. The van der Waals surface area contributed by atoms with Crippen molar-refractivity contribution in [1.29, 1.82) is 0 Å². The van der Waals surface area contributed by atoms with Crippen molar-refractivity contribution in [2.24, 2.45) is 17.4 Å². The van der Waals surface area contributed by atoms with Crippen LogP contribution < -0.4 is 27.4 Å². The molecule has 3 atom stereocenters. The monoisotopic (exact) mass is 502 g/mol. The van der Waals surface area contributed by atoms with Crippen molar-refractivity contribution in [3.8, 4) is 0 Å². The van der Waals surface area contributed by atoms with Gasteiger partial charge in [-0.25, -0.2) is 4.79 Å². The van der Waals surface area contributed by atoms with Gasteiger partial charge in [-0.3, -0.25) is 19.2 Å². The van der Waals surface area contributed by atoms with Gasteiger partial charge in [0.25, 0.3) is 0 Å². The van der Waals surface area contributed by atoms with Gasteiger partial charge in [0.1, 0.15) is 18.1 Å². The molecule has 2 aromatic rings. The van der Waals surface area contributed by atoms with E-state index in [1.165, 1.54) is 0 Å². The van der Waals surface area contributed by atoms with E-state index in [0.717, 1.165) is 16.5 Å². The summed E-state index contributed by atoms with van der Waals surface area (Å²) in [7, 11) is 0. The van der Waals surface area contributed by atoms with Crippen molar-refractivity contribution >= 4 is 40.5 Å². The van der Waals surface area contributed by atoms with Gasteiger partial charge < -0.3 is 37.5 Å². The Hall–Kier alpha value is -3.93. The lowest BCUT2D eigenvalue weighted by Gasteiger charge is -2.25. The molecule has 12 nitrogen and oxygen atoms in total. The number of fused-ring (bicyclic) bond motifs is 1. The maximum Gasteiger partial charge on any atom is 0.326 e. The summed E-state index contributed by atoms with van der Waals surface area (Å²) in [5.41, 5.74) is 12.2. The molecular formula is C24H34N6O6. The van der Waals surface area contributed by atoms with Crippen LogP contribution in [-0.4, -0.2) is 64.4 Å². The number of carbonyl (C=O) groups is 5. The van der Waals surface area contributed by atoms with Gasteiger partial charge in [-0.05, 0) is 30.4 Å². The SMILES string of the molecule is CC(C)CC(NC(=O)C(Cc1c[nH]c2ccccc12)NC(=O)CN)C(=O)NC(CCC(N)=O)C(=O)O. The maximum absolute atomic E-state index is 13.3. The lowest BCUT2D eigenvalue weighted by atomic mass is 10.00. The zero-order valence-corrected chi connectivity index (χ0v) is 20.4. The highest BCUT2D eigenvalue weighted by Crippen LogP contribution is 2.19. The van der Waals surface area contributed by atoms with Crippen LogP contribution in [0.1, 0.15) is 38.7 Å². The van der Waals surface area contributed by atoms with Crippen LogP contribution >= 0.6 is 0 Å². The molecule has 0 bridgehead atoms. The van der Waals surface area contributed by atoms with E-state index in [-0.39, 0.29) is 38.1 Å². The van der Waals surface area contributed by atoms with Crippen molar-refractivity contribution < 1.29 is 29.1 Å². The quantitative estimate of drug-likeness (QED) is 0.180. The van der Waals surface area contributed by atoms with Crippen LogP contribution in [0.25, 0.3) is 10.9 Å². The largest absolute Gasteiger partial charge is 0.480 e. The third-order valence-corrected chi connectivity index (χ3v) is 5.57. The van der Waals surface area contributed by atoms with Crippen LogP contribution in [0.4, 0.5) is 0 Å². The molecule has 0 saturated heterocycles. The van der Waals surface area contributed by atoms with Crippen molar-refractivity contribution in [1.82, 2.24) is 20.9 Å². The number of carbonyl (C=O) groups excluding carboxylic acids is 4. The van der Waals surface area contributed by atoms with E-state index in [9.17, 15) is 29.1 Å². The molecule has 36 heavy (non-hydrogen) atoms. The fourth-order valence-corrected chi connectivity index (χ4v) is 3.77. The van der Waals surface area contributed by atoms with Gasteiger partial charge in [-0.1, -0.05) is 32.0 Å². The first kappa shape index (κ1) is 28.3. The molecule has 196 valence electrons. The Balaban J connectivity index is 2.22. The summed E-state index contributed by atoms with van der Waals surface area (Å²) >= 11 is 0. The predicted molar refractivity (Wildman–Crippen MR) is 132 cm³/mol. The van der Waals surface area contributed by atoms with Crippen LogP contribution in [0.15, 0.2) is 30.5 Å². The summed E-state index contributed by atoms with van der Waals surface area (Å²) in [6, 6.07) is 4.02. The minimum absolute atomic E-state index is 0.0272. The summed E-state index contributed by atoms with van der Waals surface area (Å²) in [6.45, 7) is 3.36. The highest BCUT2D eigenvalue weighted by molar-refractivity contribution is 5.94. The van der Waals surface area contributed by atoms with E-state index in [2.05, 4.69) is 20.9 Å². The molecule has 3 unspecified atom stereocenters. The first-order chi connectivity index (χ1) is 17.0. The number of carboxylic acid groups (broad SMARTS) is 1. The number of nitrogens with two attached hydrogens (primary N) is 2. The molecule has 9 N–H and O–H groups in total. The number of para-hydroxylation sites is 1. The summed E-state index contributed by atoms with van der Waals surface area (Å²) in [6.07, 6.45) is 1.68. The third kappa shape index (κ3) is 8.38. The highest BCUT2D eigenvalue weighted by atomic mass is 16.4. The minimum atomic E-state index is -1.35. The van der Waals surface area contributed by atoms with Gasteiger partial charge in [-0.15, -0.1) is 0 Å². The number of hydrogen-bond acceptors (Lipinski definition) is 6. The van der Waals surface area contributed by atoms with Crippen molar-refractivity contribution in [2.45, 2.75) is 57.7 Å². The van der Waals surface area contributed by atoms with E-state index < -0.39 is 47.7 Å². The number of primary amides is 1. The Bertz CT molecular complexity index is 1100. The summed E-state index contributed by atoms with van der Waals surface area (Å²) < 4.78 is 0. The topological polar surface area (TPSA) is 210 Å². The van der Waals surface area contributed by atoms with E-state index >= 15 is 0 Å². The molecule has 2 rings (SSSR count). The molecule has 0 spiro atoms. The Kier molecular flexibility index (Phi) is 10.4. The van der Waals surface area contributed by atoms with E-state index in [1.807, 2.05) is 38.1 Å². The first-order valence-electron chi connectivity index (χ1n) is 11.7. The van der Waals surface area contributed by atoms with Crippen LogP contribution in [0.2, 0.25) is 0 Å². The smallest absolute Gasteiger partial charge is 0.326 e. The zero-order chi connectivity index (χ0) is 26.8. The number of hydrogen-bond donors (Lipinski definition) is 7. The number of aromatic nitrogens is 1. The summed E-state index contributed by atoms with van der Waals surface area (Å²) in [5.74, 6) is -3.93. The van der Waals surface area contributed by atoms with E-state index in [0.29, 0.717) is 0 Å². The average molecular weight is 503 g/mol. The minimum Gasteiger partial charge on any atom is -0.480 e. The second-order valence-corrected chi connectivity index (χ2v) is 8.98. The standard InChI is InChI=1S/C24H34N6O6/c1-13(2)9-18(22(33)29-17(24(35)36)7-8-20(26)31)30-23(34)19(28-21(32)11-25)10-14-12-27-16-6-4-3-5-15(14)16/h3-6,12-13,17-19,27H,7-11,25H2,1-2H3,(H2,26,31)(H,28,32)(H,29,33)(H,30,34)(H,35,36).